The van der Waals surface area contributed by atoms with Gasteiger partial charge in [-0.2, -0.15) is 0 Å². The first kappa shape index (κ1) is 18.4. The molecule has 3 aromatic rings. The predicted molar refractivity (Wildman–Crippen MR) is 111 cm³/mol. The second kappa shape index (κ2) is 8.84. The fourth-order valence-electron chi connectivity index (χ4n) is 3.52. The summed E-state index contributed by atoms with van der Waals surface area (Å²) < 4.78 is 2.41. The van der Waals surface area contributed by atoms with Gasteiger partial charge in [0.25, 0.3) is 0 Å². The Balaban J connectivity index is 1.90. The third-order valence-electron chi connectivity index (χ3n) is 4.92. The largest absolute Gasteiger partial charge is 0.328 e. The Kier molecular flexibility index (Phi) is 6.27. The zero-order chi connectivity index (χ0) is 18.4. The molecule has 136 valence electrons. The van der Waals surface area contributed by atoms with Gasteiger partial charge in [0.05, 0.1) is 11.4 Å². The van der Waals surface area contributed by atoms with Gasteiger partial charge in [-0.1, -0.05) is 93.8 Å². The van der Waals surface area contributed by atoms with E-state index in [9.17, 15) is 0 Å². The second-order valence-electron chi connectivity index (χ2n) is 7.48. The van der Waals surface area contributed by atoms with E-state index in [2.05, 4.69) is 86.0 Å². The fraction of sp³-hybridized carbons (Fsp3) is 0.375. The first-order valence-corrected chi connectivity index (χ1v) is 9.84. The van der Waals surface area contributed by atoms with Crippen molar-refractivity contribution in [3.63, 3.8) is 0 Å². The minimum absolute atomic E-state index is 0.801. The molecule has 2 nitrogen and oxygen atoms in total. The molecule has 3 rings (SSSR count). The molecule has 0 aliphatic rings. The highest BCUT2D eigenvalue weighted by Gasteiger charge is 2.17. The monoisotopic (exact) mass is 346 g/mol. The maximum atomic E-state index is 4.95. The molecule has 0 saturated heterocycles. The van der Waals surface area contributed by atoms with Crippen LogP contribution in [0.25, 0.3) is 22.5 Å². The lowest BCUT2D eigenvalue weighted by Gasteiger charge is -2.12. The third kappa shape index (κ3) is 4.43. The van der Waals surface area contributed by atoms with E-state index in [-0.39, 0.29) is 0 Å². The van der Waals surface area contributed by atoms with Crippen LogP contribution in [0.5, 0.6) is 0 Å². The highest BCUT2D eigenvalue weighted by atomic mass is 15.1. The molecule has 1 heterocycles. The van der Waals surface area contributed by atoms with Crippen LogP contribution < -0.4 is 0 Å². The van der Waals surface area contributed by atoms with E-state index in [1.165, 1.54) is 42.5 Å². The molecule has 0 unspecified atom stereocenters. The van der Waals surface area contributed by atoms with Gasteiger partial charge in [0.2, 0.25) is 0 Å². The number of hydrogen-bond donors (Lipinski definition) is 0. The Morgan fingerprint density at radius 1 is 0.808 bits per heavy atom. The predicted octanol–water partition coefficient (Wildman–Crippen LogP) is 6.74. The van der Waals surface area contributed by atoms with Crippen LogP contribution in [0.1, 0.15) is 45.4 Å². The molecule has 0 radical (unpaired) electrons. The van der Waals surface area contributed by atoms with Gasteiger partial charge in [0, 0.05) is 17.7 Å². The van der Waals surface area contributed by atoms with E-state index in [1.807, 2.05) is 0 Å². The first-order valence-electron chi connectivity index (χ1n) is 9.84. The van der Waals surface area contributed by atoms with Gasteiger partial charge in [0.15, 0.2) is 0 Å². The molecule has 0 atom stereocenters. The number of imidazole rings is 1. The number of rotatable bonds is 8. The van der Waals surface area contributed by atoms with Crippen LogP contribution in [-0.4, -0.2) is 9.55 Å². The van der Waals surface area contributed by atoms with Crippen molar-refractivity contribution in [1.29, 1.82) is 0 Å². The summed E-state index contributed by atoms with van der Waals surface area (Å²) in [6.07, 6.45) is 5.13. The molecule has 2 heteroatoms. The highest BCUT2D eigenvalue weighted by molar-refractivity contribution is 5.79. The van der Waals surface area contributed by atoms with Gasteiger partial charge >= 0.3 is 0 Å². The van der Waals surface area contributed by atoms with E-state index >= 15 is 0 Å². The summed E-state index contributed by atoms with van der Waals surface area (Å²) in [5.74, 6) is 1.90. The number of aromatic nitrogens is 2. The first-order chi connectivity index (χ1) is 12.7. The molecule has 0 fully saturated rings. The topological polar surface area (TPSA) is 17.8 Å². The molecule has 0 aliphatic heterocycles. The SMILES string of the molecule is Cc1nc(-c2ccccc2)c(-c2ccccc2)n1CCCCCC(C)C. The lowest BCUT2D eigenvalue weighted by atomic mass is 10.0. The molecular weight excluding hydrogens is 316 g/mol. The molecule has 0 bridgehead atoms. The summed E-state index contributed by atoms with van der Waals surface area (Å²) in [6.45, 7) is 7.78. The van der Waals surface area contributed by atoms with Crippen molar-refractivity contribution in [3.05, 3.63) is 66.5 Å². The number of aryl methyl sites for hydroxylation is 1. The van der Waals surface area contributed by atoms with E-state index in [1.54, 1.807) is 0 Å². The molecule has 0 N–H and O–H groups in total. The minimum Gasteiger partial charge on any atom is -0.328 e. The van der Waals surface area contributed by atoms with Crippen LogP contribution >= 0.6 is 0 Å². The maximum Gasteiger partial charge on any atom is 0.106 e. The van der Waals surface area contributed by atoms with Crippen LogP contribution in [-0.2, 0) is 6.54 Å². The van der Waals surface area contributed by atoms with Gasteiger partial charge in [-0.25, -0.2) is 4.98 Å². The summed E-state index contributed by atoms with van der Waals surface area (Å²) in [4.78, 5) is 4.95. The van der Waals surface area contributed by atoms with Gasteiger partial charge in [-0.05, 0) is 19.3 Å². The maximum absolute atomic E-state index is 4.95. The average Bonchev–Trinajstić information content (AvgIpc) is 2.99. The number of hydrogen-bond acceptors (Lipinski definition) is 1. The summed E-state index contributed by atoms with van der Waals surface area (Å²) in [6, 6.07) is 21.2. The van der Waals surface area contributed by atoms with Crippen molar-refractivity contribution in [2.75, 3.05) is 0 Å². The molecule has 0 spiro atoms. The summed E-state index contributed by atoms with van der Waals surface area (Å²) >= 11 is 0. The Hall–Kier alpha value is -2.35. The molecule has 0 saturated carbocycles. The highest BCUT2D eigenvalue weighted by Crippen LogP contribution is 2.33. The van der Waals surface area contributed by atoms with E-state index in [0.29, 0.717) is 0 Å². The molecular formula is C24H30N2. The summed E-state index contributed by atoms with van der Waals surface area (Å²) in [5, 5.41) is 0. The van der Waals surface area contributed by atoms with Crippen LogP contribution in [0, 0.1) is 12.8 Å². The van der Waals surface area contributed by atoms with Crippen molar-refractivity contribution >= 4 is 0 Å². The average molecular weight is 347 g/mol. The number of nitrogens with zero attached hydrogens (tertiary/aromatic N) is 2. The van der Waals surface area contributed by atoms with Crippen LogP contribution in [0.4, 0.5) is 0 Å². The van der Waals surface area contributed by atoms with Crippen LogP contribution in [0.3, 0.4) is 0 Å². The van der Waals surface area contributed by atoms with Gasteiger partial charge in [-0.15, -0.1) is 0 Å². The lowest BCUT2D eigenvalue weighted by Crippen LogP contribution is -2.03. The summed E-state index contributed by atoms with van der Waals surface area (Å²) in [5.41, 5.74) is 4.77. The van der Waals surface area contributed by atoms with Gasteiger partial charge in [0.1, 0.15) is 5.82 Å². The lowest BCUT2D eigenvalue weighted by molar-refractivity contribution is 0.505. The molecule has 0 amide bonds. The Labute approximate surface area is 157 Å². The van der Waals surface area contributed by atoms with E-state index < -0.39 is 0 Å². The summed E-state index contributed by atoms with van der Waals surface area (Å²) in [7, 11) is 0. The molecule has 26 heavy (non-hydrogen) atoms. The Morgan fingerprint density at radius 3 is 2.04 bits per heavy atom. The number of unbranched alkanes of at least 4 members (excludes halogenated alkanes) is 2. The van der Waals surface area contributed by atoms with Crippen molar-refractivity contribution in [3.8, 4) is 22.5 Å². The standard InChI is InChI=1S/C24H30N2/c1-19(2)13-7-6-12-18-26-20(3)25-23(21-14-8-4-9-15-21)24(26)22-16-10-5-11-17-22/h4-5,8-11,14-17,19H,6-7,12-13,18H2,1-3H3. The number of benzene rings is 2. The Bertz CT molecular complexity index is 801. The molecule has 0 aliphatic carbocycles. The zero-order valence-electron chi connectivity index (χ0n) is 16.3. The fourth-order valence-corrected chi connectivity index (χ4v) is 3.52. The van der Waals surface area contributed by atoms with Crippen molar-refractivity contribution in [2.45, 2.75) is 53.0 Å². The van der Waals surface area contributed by atoms with Crippen molar-refractivity contribution in [2.24, 2.45) is 5.92 Å². The van der Waals surface area contributed by atoms with Crippen molar-refractivity contribution in [1.82, 2.24) is 9.55 Å². The zero-order valence-corrected chi connectivity index (χ0v) is 16.3. The molecule has 1 aromatic heterocycles. The second-order valence-corrected chi connectivity index (χ2v) is 7.48. The van der Waals surface area contributed by atoms with E-state index in [0.717, 1.165) is 24.0 Å². The third-order valence-corrected chi connectivity index (χ3v) is 4.92. The normalized spacial score (nSPS) is 11.2. The smallest absolute Gasteiger partial charge is 0.106 e. The quantitative estimate of drug-likeness (QED) is 0.413. The Morgan fingerprint density at radius 2 is 1.42 bits per heavy atom. The van der Waals surface area contributed by atoms with Gasteiger partial charge in [-0.3, -0.25) is 0 Å². The van der Waals surface area contributed by atoms with E-state index in [4.69, 9.17) is 4.98 Å². The van der Waals surface area contributed by atoms with Crippen LogP contribution in [0.2, 0.25) is 0 Å². The minimum atomic E-state index is 0.801. The van der Waals surface area contributed by atoms with Gasteiger partial charge < -0.3 is 4.57 Å². The van der Waals surface area contributed by atoms with Crippen molar-refractivity contribution < 1.29 is 0 Å². The van der Waals surface area contributed by atoms with Crippen LogP contribution in [0.15, 0.2) is 60.7 Å². The molecule has 2 aromatic carbocycles.